The smallest absolute Gasteiger partial charge is 0.160 e. The largest absolute Gasteiger partial charge is 0.324 e. The van der Waals surface area contributed by atoms with Crippen molar-refractivity contribution in [1.82, 2.24) is 0 Å². The number of hydrogen-bond donors (Lipinski definition) is 1. The highest BCUT2D eigenvalue weighted by Gasteiger charge is 2.16. The highest BCUT2D eigenvalue weighted by Crippen LogP contribution is 2.22. The van der Waals surface area contributed by atoms with Gasteiger partial charge < -0.3 is 5.73 Å². The number of carbonyl (C=O) groups is 1. The van der Waals surface area contributed by atoms with Gasteiger partial charge in [-0.1, -0.05) is 42.8 Å². The first kappa shape index (κ1) is 13.0. The van der Waals surface area contributed by atoms with Crippen molar-refractivity contribution in [3.63, 3.8) is 0 Å². The lowest BCUT2D eigenvalue weighted by Gasteiger charge is -2.12. The summed E-state index contributed by atoms with van der Waals surface area (Å²) >= 11 is 0. The van der Waals surface area contributed by atoms with Gasteiger partial charge in [0.25, 0.3) is 0 Å². The van der Waals surface area contributed by atoms with E-state index >= 15 is 0 Å². The molecule has 0 fully saturated rings. The fourth-order valence-electron chi connectivity index (χ4n) is 2.42. The van der Waals surface area contributed by atoms with E-state index in [2.05, 4.69) is 6.08 Å². The Labute approximate surface area is 109 Å². The van der Waals surface area contributed by atoms with Crippen molar-refractivity contribution < 1.29 is 4.79 Å². The van der Waals surface area contributed by atoms with Crippen LogP contribution in [-0.2, 0) is 4.79 Å². The van der Waals surface area contributed by atoms with Crippen LogP contribution in [0.2, 0.25) is 0 Å². The third-order valence-corrected chi connectivity index (χ3v) is 3.53. The maximum atomic E-state index is 12.2. The minimum atomic E-state index is -0.178. The first-order chi connectivity index (χ1) is 8.77. The molecule has 1 atom stereocenters. The summed E-state index contributed by atoms with van der Waals surface area (Å²) in [5.74, 6) is 0.230. The summed E-state index contributed by atoms with van der Waals surface area (Å²) in [5.41, 5.74) is 8.13. The molecule has 2 nitrogen and oxygen atoms in total. The Morgan fingerprint density at radius 1 is 1.17 bits per heavy atom. The molecule has 1 aromatic rings. The molecular weight excluding hydrogens is 222 g/mol. The molecule has 0 amide bonds. The van der Waals surface area contributed by atoms with Gasteiger partial charge in [0.15, 0.2) is 5.78 Å². The molecule has 1 aliphatic rings. The predicted octanol–water partition coefficient (Wildman–Crippen LogP) is 3.54. The zero-order chi connectivity index (χ0) is 12.8. The minimum Gasteiger partial charge on any atom is -0.324 e. The number of rotatable bonds is 4. The molecule has 1 aliphatic carbocycles. The van der Waals surface area contributed by atoms with Gasteiger partial charge in [-0.2, -0.15) is 0 Å². The summed E-state index contributed by atoms with van der Waals surface area (Å²) in [6.45, 7) is 0. The summed E-state index contributed by atoms with van der Waals surface area (Å²) in [7, 11) is 0. The molecule has 96 valence electrons. The lowest BCUT2D eigenvalue weighted by atomic mass is 9.96. The van der Waals surface area contributed by atoms with Gasteiger partial charge in [0.05, 0.1) is 0 Å². The Morgan fingerprint density at radius 2 is 1.94 bits per heavy atom. The van der Waals surface area contributed by atoms with Gasteiger partial charge in [0, 0.05) is 12.5 Å². The molecule has 0 aromatic heterocycles. The van der Waals surface area contributed by atoms with Gasteiger partial charge >= 0.3 is 0 Å². The highest BCUT2D eigenvalue weighted by atomic mass is 16.1. The van der Waals surface area contributed by atoms with Crippen LogP contribution >= 0.6 is 0 Å². The van der Waals surface area contributed by atoms with Crippen molar-refractivity contribution in [3.8, 4) is 0 Å². The molecule has 2 heteroatoms. The molecular formula is C16H21NO. The molecule has 0 radical (unpaired) electrons. The quantitative estimate of drug-likeness (QED) is 0.879. The van der Waals surface area contributed by atoms with Crippen LogP contribution in [0.15, 0.2) is 42.0 Å². The van der Waals surface area contributed by atoms with Crippen LogP contribution in [0.1, 0.15) is 50.1 Å². The van der Waals surface area contributed by atoms with Crippen molar-refractivity contribution in [1.29, 1.82) is 0 Å². The van der Waals surface area contributed by atoms with Crippen LogP contribution in [0.3, 0.4) is 0 Å². The van der Waals surface area contributed by atoms with Crippen LogP contribution in [-0.4, -0.2) is 5.78 Å². The fraction of sp³-hybridized carbons (Fsp3) is 0.438. The van der Waals surface area contributed by atoms with Crippen LogP contribution in [0.5, 0.6) is 0 Å². The standard InChI is InChI=1S/C16H21NO/c17-15(13-8-6-3-7-9-13)12-16(18)14-10-4-1-2-5-11-14/h3,6-10,15H,1-2,4-5,11-12,17H2. The third kappa shape index (κ3) is 3.54. The molecule has 0 heterocycles. The zero-order valence-corrected chi connectivity index (χ0v) is 10.8. The van der Waals surface area contributed by atoms with Crippen LogP contribution in [0.25, 0.3) is 0 Å². The Hall–Kier alpha value is -1.41. The number of allylic oxidation sites excluding steroid dienone is 2. The molecule has 2 N–H and O–H groups in total. The second-order valence-corrected chi connectivity index (χ2v) is 4.97. The van der Waals surface area contributed by atoms with E-state index in [0.717, 1.165) is 30.4 Å². The van der Waals surface area contributed by atoms with E-state index < -0.39 is 0 Å². The summed E-state index contributed by atoms with van der Waals surface area (Å²) < 4.78 is 0. The third-order valence-electron chi connectivity index (χ3n) is 3.53. The number of carbonyl (C=O) groups excluding carboxylic acids is 1. The van der Waals surface area contributed by atoms with Crippen LogP contribution in [0, 0.1) is 0 Å². The van der Waals surface area contributed by atoms with E-state index in [1.54, 1.807) is 0 Å². The molecule has 0 aliphatic heterocycles. The summed E-state index contributed by atoms with van der Waals surface area (Å²) in [6, 6.07) is 9.68. The normalized spacial score (nSPS) is 17.7. The first-order valence-electron chi connectivity index (χ1n) is 6.80. The van der Waals surface area contributed by atoms with E-state index in [9.17, 15) is 4.79 Å². The maximum Gasteiger partial charge on any atom is 0.160 e. The van der Waals surface area contributed by atoms with Gasteiger partial charge in [-0.15, -0.1) is 0 Å². The van der Waals surface area contributed by atoms with E-state index in [0.29, 0.717) is 6.42 Å². The lowest BCUT2D eigenvalue weighted by Crippen LogP contribution is -2.16. The van der Waals surface area contributed by atoms with Gasteiger partial charge in [-0.05, 0) is 36.8 Å². The molecule has 2 rings (SSSR count). The Morgan fingerprint density at radius 3 is 2.72 bits per heavy atom. The van der Waals surface area contributed by atoms with Crippen molar-refractivity contribution >= 4 is 5.78 Å². The number of hydrogen-bond acceptors (Lipinski definition) is 2. The first-order valence-corrected chi connectivity index (χ1v) is 6.80. The van der Waals surface area contributed by atoms with Crippen molar-refractivity contribution in [2.75, 3.05) is 0 Å². The second-order valence-electron chi connectivity index (χ2n) is 4.97. The average molecular weight is 243 g/mol. The van der Waals surface area contributed by atoms with Crippen molar-refractivity contribution in [3.05, 3.63) is 47.5 Å². The number of nitrogens with two attached hydrogens (primary N) is 1. The summed E-state index contributed by atoms with van der Waals surface area (Å²) in [5, 5.41) is 0. The van der Waals surface area contributed by atoms with Crippen molar-refractivity contribution in [2.45, 2.75) is 44.6 Å². The molecule has 18 heavy (non-hydrogen) atoms. The molecule has 1 aromatic carbocycles. The van der Waals surface area contributed by atoms with Gasteiger partial charge in [0.1, 0.15) is 0 Å². The lowest BCUT2D eigenvalue weighted by molar-refractivity contribution is -0.116. The van der Waals surface area contributed by atoms with Crippen LogP contribution in [0.4, 0.5) is 0 Å². The summed E-state index contributed by atoms with van der Waals surface area (Å²) in [4.78, 5) is 12.2. The van der Waals surface area contributed by atoms with Gasteiger partial charge in [-0.3, -0.25) is 4.79 Å². The predicted molar refractivity (Wildman–Crippen MR) is 74.2 cm³/mol. The average Bonchev–Trinajstić information content (AvgIpc) is 2.68. The van der Waals surface area contributed by atoms with Crippen LogP contribution < -0.4 is 5.73 Å². The molecule has 0 saturated heterocycles. The topological polar surface area (TPSA) is 43.1 Å². The fourth-order valence-corrected chi connectivity index (χ4v) is 2.42. The SMILES string of the molecule is NC(CC(=O)C1=CCCCCC1)c1ccccc1. The Balaban J connectivity index is 1.96. The zero-order valence-electron chi connectivity index (χ0n) is 10.8. The number of Topliss-reactive ketones (excluding diaryl/α,β-unsaturated/α-hetero) is 1. The summed E-state index contributed by atoms with van der Waals surface area (Å²) in [6.07, 6.45) is 8.10. The molecule has 1 unspecified atom stereocenters. The number of ketones is 1. The Kier molecular flexibility index (Phi) is 4.71. The highest BCUT2D eigenvalue weighted by molar-refractivity contribution is 5.95. The van der Waals surface area contributed by atoms with E-state index in [1.165, 1.54) is 12.8 Å². The second kappa shape index (κ2) is 6.50. The Bertz CT molecular complexity index is 422. The number of benzene rings is 1. The molecule has 0 spiro atoms. The monoisotopic (exact) mass is 243 g/mol. The maximum absolute atomic E-state index is 12.2. The van der Waals surface area contributed by atoms with Gasteiger partial charge in [-0.25, -0.2) is 0 Å². The van der Waals surface area contributed by atoms with Gasteiger partial charge in [0.2, 0.25) is 0 Å². The van der Waals surface area contributed by atoms with E-state index in [-0.39, 0.29) is 11.8 Å². The molecule has 0 saturated carbocycles. The minimum absolute atomic E-state index is 0.178. The van der Waals surface area contributed by atoms with E-state index in [4.69, 9.17) is 5.73 Å². The van der Waals surface area contributed by atoms with Crippen molar-refractivity contribution in [2.24, 2.45) is 5.73 Å². The molecule has 0 bridgehead atoms. The van der Waals surface area contributed by atoms with E-state index in [1.807, 2.05) is 30.3 Å².